The molecule has 3 atom stereocenters. The normalized spacial score (nSPS) is 21.4. The Labute approximate surface area is 124 Å². The van der Waals surface area contributed by atoms with Crippen LogP contribution in [0.25, 0.3) is 0 Å². The minimum atomic E-state index is -0.710. The Balaban J connectivity index is 2.08. The van der Waals surface area contributed by atoms with Crippen molar-refractivity contribution in [3.05, 3.63) is 29.3 Å². The molecule has 0 aliphatic carbocycles. The van der Waals surface area contributed by atoms with Gasteiger partial charge in [0, 0.05) is 40.5 Å². The van der Waals surface area contributed by atoms with Crippen LogP contribution in [-0.4, -0.2) is 28.9 Å². The standard InChI is InChI=1S/C16H25NO2S/c1-12-6-4-7-14-15(8-5-10-19-16(12)14)17-13(2)9-11-20(3)18/h4,6-7,13,15,17H,5,8-11H2,1-3H3. The number of hydrogen-bond acceptors (Lipinski definition) is 3. The molecule has 2 rings (SSSR count). The monoisotopic (exact) mass is 295 g/mol. The van der Waals surface area contributed by atoms with Gasteiger partial charge in [0.1, 0.15) is 5.75 Å². The molecule has 4 heteroatoms. The molecule has 0 saturated carbocycles. The second kappa shape index (κ2) is 7.23. The highest BCUT2D eigenvalue weighted by atomic mass is 32.2. The van der Waals surface area contributed by atoms with Crippen molar-refractivity contribution in [2.24, 2.45) is 0 Å². The van der Waals surface area contributed by atoms with E-state index in [4.69, 9.17) is 4.74 Å². The lowest BCUT2D eigenvalue weighted by Gasteiger charge is -2.23. The number of hydrogen-bond donors (Lipinski definition) is 1. The Kier molecular flexibility index (Phi) is 5.61. The fourth-order valence-electron chi connectivity index (χ4n) is 2.71. The van der Waals surface area contributed by atoms with E-state index in [1.807, 2.05) is 0 Å². The van der Waals surface area contributed by atoms with Crippen LogP contribution in [0.3, 0.4) is 0 Å². The average molecular weight is 295 g/mol. The van der Waals surface area contributed by atoms with Crippen molar-refractivity contribution in [2.75, 3.05) is 18.6 Å². The van der Waals surface area contributed by atoms with Crippen molar-refractivity contribution in [3.63, 3.8) is 0 Å². The fourth-order valence-corrected chi connectivity index (χ4v) is 3.39. The van der Waals surface area contributed by atoms with Gasteiger partial charge < -0.3 is 10.1 Å². The molecule has 0 aromatic heterocycles. The molecule has 1 heterocycles. The second-order valence-electron chi connectivity index (χ2n) is 5.67. The van der Waals surface area contributed by atoms with Gasteiger partial charge in [0.2, 0.25) is 0 Å². The van der Waals surface area contributed by atoms with Crippen molar-refractivity contribution in [1.82, 2.24) is 5.32 Å². The van der Waals surface area contributed by atoms with E-state index in [9.17, 15) is 4.21 Å². The molecule has 112 valence electrons. The predicted octanol–water partition coefficient (Wildman–Crippen LogP) is 2.96. The van der Waals surface area contributed by atoms with Gasteiger partial charge in [0.25, 0.3) is 0 Å². The summed E-state index contributed by atoms with van der Waals surface area (Å²) in [4.78, 5) is 0. The zero-order valence-corrected chi connectivity index (χ0v) is 13.5. The summed E-state index contributed by atoms with van der Waals surface area (Å²) in [6.45, 7) is 5.07. The van der Waals surface area contributed by atoms with Crippen molar-refractivity contribution in [2.45, 2.75) is 45.2 Å². The van der Waals surface area contributed by atoms with Gasteiger partial charge in [0.05, 0.1) is 6.61 Å². The third kappa shape index (κ3) is 4.06. The first-order chi connectivity index (χ1) is 9.58. The maximum absolute atomic E-state index is 11.2. The number of rotatable bonds is 5. The smallest absolute Gasteiger partial charge is 0.126 e. The lowest BCUT2D eigenvalue weighted by atomic mass is 9.99. The zero-order valence-electron chi connectivity index (χ0n) is 12.6. The third-order valence-electron chi connectivity index (χ3n) is 3.83. The number of benzene rings is 1. The first-order valence-corrected chi connectivity index (χ1v) is 9.09. The van der Waals surface area contributed by atoms with Gasteiger partial charge >= 0.3 is 0 Å². The first-order valence-electron chi connectivity index (χ1n) is 7.36. The van der Waals surface area contributed by atoms with Crippen LogP contribution < -0.4 is 10.1 Å². The van der Waals surface area contributed by atoms with Gasteiger partial charge in [-0.3, -0.25) is 4.21 Å². The summed E-state index contributed by atoms with van der Waals surface area (Å²) >= 11 is 0. The van der Waals surface area contributed by atoms with E-state index in [0.717, 1.165) is 37.4 Å². The Morgan fingerprint density at radius 2 is 2.30 bits per heavy atom. The van der Waals surface area contributed by atoms with Crippen LogP contribution in [0, 0.1) is 6.92 Å². The van der Waals surface area contributed by atoms with Crippen molar-refractivity contribution < 1.29 is 8.95 Å². The van der Waals surface area contributed by atoms with E-state index in [0.29, 0.717) is 12.1 Å². The third-order valence-corrected chi connectivity index (χ3v) is 4.64. The van der Waals surface area contributed by atoms with Crippen LogP contribution in [0.4, 0.5) is 0 Å². The van der Waals surface area contributed by atoms with Gasteiger partial charge in [-0.15, -0.1) is 0 Å². The summed E-state index contributed by atoms with van der Waals surface area (Å²) in [5.74, 6) is 1.81. The molecule has 1 N–H and O–H groups in total. The molecule has 1 aliphatic heterocycles. The summed E-state index contributed by atoms with van der Waals surface area (Å²) in [5, 5.41) is 3.68. The molecule has 20 heavy (non-hydrogen) atoms. The summed E-state index contributed by atoms with van der Waals surface area (Å²) in [5.41, 5.74) is 2.48. The summed E-state index contributed by atoms with van der Waals surface area (Å²) in [6, 6.07) is 7.08. The highest BCUT2D eigenvalue weighted by Gasteiger charge is 2.22. The minimum absolute atomic E-state index is 0.340. The number of ether oxygens (including phenoxy) is 1. The van der Waals surface area contributed by atoms with Crippen LogP contribution in [0.5, 0.6) is 5.75 Å². The second-order valence-corrected chi connectivity index (χ2v) is 7.22. The van der Waals surface area contributed by atoms with Gasteiger partial charge in [-0.2, -0.15) is 0 Å². The summed E-state index contributed by atoms with van der Waals surface area (Å²) < 4.78 is 17.1. The van der Waals surface area contributed by atoms with Gasteiger partial charge in [-0.1, -0.05) is 18.2 Å². The molecule has 0 radical (unpaired) electrons. The van der Waals surface area contributed by atoms with E-state index in [1.54, 1.807) is 6.26 Å². The van der Waals surface area contributed by atoms with Crippen LogP contribution in [0.1, 0.15) is 43.4 Å². The maximum Gasteiger partial charge on any atom is 0.126 e. The Bertz CT molecular complexity index is 476. The molecule has 0 saturated heterocycles. The molecule has 3 nitrogen and oxygen atoms in total. The Hall–Kier alpha value is -0.870. The summed E-state index contributed by atoms with van der Waals surface area (Å²) in [7, 11) is -0.710. The van der Waals surface area contributed by atoms with E-state index in [2.05, 4.69) is 37.4 Å². The Morgan fingerprint density at radius 1 is 1.50 bits per heavy atom. The summed E-state index contributed by atoms with van der Waals surface area (Å²) in [6.07, 6.45) is 4.88. The fraction of sp³-hybridized carbons (Fsp3) is 0.625. The minimum Gasteiger partial charge on any atom is -0.493 e. The average Bonchev–Trinajstić information content (AvgIpc) is 2.60. The topological polar surface area (TPSA) is 38.3 Å². The molecule has 0 spiro atoms. The molecule has 3 unspecified atom stereocenters. The largest absolute Gasteiger partial charge is 0.493 e. The lowest BCUT2D eigenvalue weighted by molar-refractivity contribution is 0.312. The molecule has 1 aromatic carbocycles. The van der Waals surface area contributed by atoms with Gasteiger partial charge in [0.15, 0.2) is 0 Å². The molecule has 0 bridgehead atoms. The molecule has 0 fully saturated rings. The lowest BCUT2D eigenvalue weighted by Crippen LogP contribution is -2.31. The predicted molar refractivity (Wildman–Crippen MR) is 84.8 cm³/mol. The number of para-hydroxylation sites is 1. The van der Waals surface area contributed by atoms with E-state index < -0.39 is 10.8 Å². The van der Waals surface area contributed by atoms with Gasteiger partial charge in [-0.05, 0) is 38.7 Å². The SMILES string of the molecule is Cc1cccc2c1OCCCC2NC(C)CCS(C)=O. The number of nitrogens with one attached hydrogen (secondary N) is 1. The van der Waals surface area contributed by atoms with Gasteiger partial charge in [-0.25, -0.2) is 0 Å². The molecular formula is C16H25NO2S. The van der Waals surface area contributed by atoms with Crippen LogP contribution in [0.15, 0.2) is 18.2 Å². The first kappa shape index (κ1) is 15.5. The number of fused-ring (bicyclic) bond motifs is 1. The van der Waals surface area contributed by atoms with E-state index >= 15 is 0 Å². The van der Waals surface area contributed by atoms with Crippen molar-refractivity contribution >= 4 is 10.8 Å². The van der Waals surface area contributed by atoms with Crippen molar-refractivity contribution in [3.8, 4) is 5.75 Å². The zero-order chi connectivity index (χ0) is 14.5. The van der Waals surface area contributed by atoms with Crippen molar-refractivity contribution in [1.29, 1.82) is 0 Å². The molecule has 0 amide bonds. The molecule has 1 aromatic rings. The molecular weight excluding hydrogens is 270 g/mol. The Morgan fingerprint density at radius 3 is 3.05 bits per heavy atom. The number of aryl methyl sites for hydroxylation is 1. The molecule has 1 aliphatic rings. The maximum atomic E-state index is 11.2. The highest BCUT2D eigenvalue weighted by molar-refractivity contribution is 7.84. The van der Waals surface area contributed by atoms with E-state index in [1.165, 1.54) is 11.1 Å². The quantitative estimate of drug-likeness (QED) is 0.907. The van der Waals surface area contributed by atoms with Crippen LogP contribution in [0.2, 0.25) is 0 Å². The van der Waals surface area contributed by atoms with Crippen LogP contribution in [-0.2, 0) is 10.8 Å². The van der Waals surface area contributed by atoms with E-state index in [-0.39, 0.29) is 0 Å². The highest BCUT2D eigenvalue weighted by Crippen LogP contribution is 2.34. The van der Waals surface area contributed by atoms with Crippen LogP contribution >= 0.6 is 0 Å².